The van der Waals surface area contributed by atoms with Crippen LogP contribution in [0.4, 0.5) is 4.39 Å². The molecule has 0 aromatic heterocycles. The fourth-order valence-corrected chi connectivity index (χ4v) is 6.91. The highest BCUT2D eigenvalue weighted by atomic mass is 19.1. The Morgan fingerprint density at radius 2 is 1.94 bits per heavy atom. The van der Waals surface area contributed by atoms with Gasteiger partial charge in [-0.3, -0.25) is 19.2 Å². The zero-order valence-corrected chi connectivity index (χ0v) is 18.9. The summed E-state index contributed by atoms with van der Waals surface area (Å²) in [6.07, 6.45) is 7.98. The normalized spacial score (nSPS) is 39.8. The average molecular weight is 444 g/mol. The second-order valence-electron chi connectivity index (χ2n) is 9.88. The molecule has 4 rings (SSSR count). The zero-order chi connectivity index (χ0) is 23.5. The van der Waals surface area contributed by atoms with Crippen molar-refractivity contribution in [3.63, 3.8) is 0 Å². The van der Waals surface area contributed by atoms with E-state index in [0.717, 1.165) is 0 Å². The molecule has 32 heavy (non-hydrogen) atoms. The lowest BCUT2D eigenvalue weighted by molar-refractivity contribution is -0.186. The van der Waals surface area contributed by atoms with E-state index in [1.807, 2.05) is 13.0 Å². The number of ether oxygens (including phenoxy) is 2. The molecule has 0 amide bonds. The van der Waals surface area contributed by atoms with Gasteiger partial charge in [0.2, 0.25) is 0 Å². The maximum Gasteiger partial charge on any atom is 0.312 e. The van der Waals surface area contributed by atoms with Crippen LogP contribution in [0.2, 0.25) is 0 Å². The zero-order valence-electron chi connectivity index (χ0n) is 18.9. The fourth-order valence-electron chi connectivity index (χ4n) is 6.91. The van der Waals surface area contributed by atoms with Gasteiger partial charge in [-0.1, -0.05) is 24.6 Å². The van der Waals surface area contributed by atoms with Gasteiger partial charge in [-0.2, -0.15) is 0 Å². The molecule has 2 fully saturated rings. The summed E-state index contributed by atoms with van der Waals surface area (Å²) in [5.74, 6) is -3.47. The Labute approximate surface area is 186 Å². The van der Waals surface area contributed by atoms with E-state index in [9.17, 15) is 19.2 Å². The van der Waals surface area contributed by atoms with Crippen molar-refractivity contribution in [3.8, 4) is 0 Å². The Bertz CT molecular complexity index is 992. The fraction of sp³-hybridized carbons (Fsp3) is 0.600. The maximum atomic E-state index is 17.5. The van der Waals surface area contributed by atoms with Gasteiger partial charge in [0.25, 0.3) is 0 Å². The minimum atomic E-state index is -1.95. The van der Waals surface area contributed by atoms with Crippen molar-refractivity contribution < 1.29 is 33.0 Å². The molecule has 0 heterocycles. The molecule has 0 aromatic rings. The number of halogens is 1. The largest absolute Gasteiger partial charge is 0.469 e. The standard InChI is InChI=1S/C25H29FO6/c1-14(27)32-13-21(29)19-8-7-17-18-6-5-15-11-16(28)9-10-24(15,3)25(18,26)20(22(30)31-4)12-23(17,19)2/h8-11,17-18,20H,5-7,12-13H2,1-4H3/t17-,18-,20+,23-,24-,25-/m0/s1. The summed E-state index contributed by atoms with van der Waals surface area (Å²) in [5, 5.41) is 0. The Morgan fingerprint density at radius 1 is 1.22 bits per heavy atom. The Balaban J connectivity index is 1.78. The van der Waals surface area contributed by atoms with Gasteiger partial charge in [-0.15, -0.1) is 0 Å². The van der Waals surface area contributed by atoms with Gasteiger partial charge < -0.3 is 9.47 Å². The van der Waals surface area contributed by atoms with Crippen LogP contribution in [0.3, 0.4) is 0 Å². The Kier molecular flexibility index (Phi) is 5.30. The van der Waals surface area contributed by atoms with Crippen LogP contribution in [0, 0.1) is 28.6 Å². The number of fused-ring (bicyclic) bond motifs is 5. The van der Waals surface area contributed by atoms with Crippen molar-refractivity contribution in [2.75, 3.05) is 13.7 Å². The highest BCUT2D eigenvalue weighted by molar-refractivity contribution is 6.01. The third-order valence-corrected chi connectivity index (χ3v) is 8.45. The number of methoxy groups -OCH3 is 1. The SMILES string of the molecule is COC(=O)[C@H]1C[C@]2(C)C(C(=O)COC(C)=O)=CC[C@H]2[C@@H]2CCC3=CC(=O)C=C[C@]3(C)[C@@]12F. The van der Waals surface area contributed by atoms with E-state index in [-0.39, 0.29) is 30.5 Å². The number of hydrogen-bond acceptors (Lipinski definition) is 6. The Morgan fingerprint density at radius 3 is 2.59 bits per heavy atom. The second-order valence-corrected chi connectivity index (χ2v) is 9.88. The molecule has 7 heteroatoms. The van der Waals surface area contributed by atoms with Crippen LogP contribution in [-0.2, 0) is 28.7 Å². The van der Waals surface area contributed by atoms with E-state index in [1.54, 1.807) is 13.0 Å². The first-order valence-electron chi connectivity index (χ1n) is 11.1. The monoisotopic (exact) mass is 444 g/mol. The lowest BCUT2D eigenvalue weighted by Crippen LogP contribution is -2.66. The maximum absolute atomic E-state index is 17.5. The molecule has 4 aliphatic rings. The number of ketones is 2. The lowest BCUT2D eigenvalue weighted by Gasteiger charge is -2.62. The van der Waals surface area contributed by atoms with Crippen LogP contribution < -0.4 is 0 Å². The van der Waals surface area contributed by atoms with Crippen LogP contribution in [0.1, 0.15) is 46.5 Å². The van der Waals surface area contributed by atoms with Gasteiger partial charge in [0.05, 0.1) is 13.0 Å². The number of allylic oxidation sites excluding steroid dienone is 5. The minimum Gasteiger partial charge on any atom is -0.469 e. The molecule has 0 aromatic carbocycles. The molecule has 0 radical (unpaired) electrons. The first-order chi connectivity index (χ1) is 15.0. The lowest BCUT2D eigenvalue weighted by atomic mass is 9.43. The highest BCUT2D eigenvalue weighted by Crippen LogP contribution is 2.69. The van der Waals surface area contributed by atoms with Crippen LogP contribution in [-0.4, -0.2) is 42.9 Å². The van der Waals surface area contributed by atoms with E-state index in [2.05, 4.69) is 0 Å². The van der Waals surface area contributed by atoms with E-state index >= 15 is 4.39 Å². The van der Waals surface area contributed by atoms with Gasteiger partial charge in [0.1, 0.15) is 5.67 Å². The smallest absolute Gasteiger partial charge is 0.312 e. The number of esters is 2. The first kappa shape index (κ1) is 22.6. The molecule has 0 spiro atoms. The number of carbonyl (C=O) groups excluding carboxylic acids is 4. The van der Waals surface area contributed by atoms with Crippen LogP contribution in [0.5, 0.6) is 0 Å². The number of carbonyl (C=O) groups is 4. The number of Topliss-reactive ketones (excluding diaryl/α,β-unsaturated/α-hetero) is 1. The number of alkyl halides is 1. The molecule has 6 nitrogen and oxygen atoms in total. The van der Waals surface area contributed by atoms with E-state index in [0.29, 0.717) is 30.4 Å². The van der Waals surface area contributed by atoms with Gasteiger partial charge in [-0.25, -0.2) is 4.39 Å². The molecule has 172 valence electrons. The van der Waals surface area contributed by atoms with Crippen LogP contribution in [0.15, 0.2) is 35.5 Å². The molecular formula is C25H29FO6. The first-order valence-corrected chi connectivity index (χ1v) is 11.1. The third-order valence-electron chi connectivity index (χ3n) is 8.45. The predicted octanol–water partition coefficient (Wildman–Crippen LogP) is 3.45. The summed E-state index contributed by atoms with van der Waals surface area (Å²) in [7, 11) is 1.24. The van der Waals surface area contributed by atoms with Crippen LogP contribution >= 0.6 is 0 Å². The van der Waals surface area contributed by atoms with Crippen molar-refractivity contribution in [3.05, 3.63) is 35.5 Å². The van der Waals surface area contributed by atoms with Crippen molar-refractivity contribution in [2.45, 2.75) is 52.1 Å². The summed E-state index contributed by atoms with van der Waals surface area (Å²) >= 11 is 0. The van der Waals surface area contributed by atoms with Gasteiger partial charge in [0, 0.05) is 23.3 Å². The molecular weight excluding hydrogens is 415 g/mol. The van der Waals surface area contributed by atoms with Gasteiger partial charge >= 0.3 is 11.9 Å². The topological polar surface area (TPSA) is 86.7 Å². The quantitative estimate of drug-likeness (QED) is 0.618. The van der Waals surface area contributed by atoms with Crippen molar-refractivity contribution in [2.24, 2.45) is 28.6 Å². The summed E-state index contributed by atoms with van der Waals surface area (Å²) < 4.78 is 27.4. The van der Waals surface area contributed by atoms with Gasteiger partial charge in [0.15, 0.2) is 18.2 Å². The Hall–Kier alpha value is -2.57. The van der Waals surface area contributed by atoms with Crippen molar-refractivity contribution in [1.82, 2.24) is 0 Å². The van der Waals surface area contributed by atoms with Crippen LogP contribution in [0.25, 0.3) is 0 Å². The molecule has 6 atom stereocenters. The summed E-state index contributed by atoms with van der Waals surface area (Å²) in [6, 6.07) is 0. The molecule has 2 saturated carbocycles. The molecule has 0 saturated heterocycles. The number of rotatable bonds is 4. The predicted molar refractivity (Wildman–Crippen MR) is 113 cm³/mol. The molecule has 0 aliphatic heterocycles. The molecule has 0 N–H and O–H groups in total. The summed E-state index contributed by atoms with van der Waals surface area (Å²) in [5.41, 5.74) is -2.58. The van der Waals surface area contributed by atoms with Crippen molar-refractivity contribution >= 4 is 23.5 Å². The highest BCUT2D eigenvalue weighted by Gasteiger charge is 2.71. The average Bonchev–Trinajstić information content (AvgIpc) is 3.09. The van der Waals surface area contributed by atoms with E-state index < -0.39 is 40.3 Å². The molecule has 0 bridgehead atoms. The number of hydrogen-bond donors (Lipinski definition) is 0. The summed E-state index contributed by atoms with van der Waals surface area (Å²) in [4.78, 5) is 49.1. The molecule has 0 unspecified atom stereocenters. The molecule has 4 aliphatic carbocycles. The third kappa shape index (κ3) is 2.96. The van der Waals surface area contributed by atoms with Gasteiger partial charge in [-0.05, 0) is 56.6 Å². The van der Waals surface area contributed by atoms with Crippen molar-refractivity contribution in [1.29, 1.82) is 0 Å². The van der Waals surface area contributed by atoms with E-state index in [4.69, 9.17) is 9.47 Å². The second kappa shape index (κ2) is 7.49. The minimum absolute atomic E-state index is 0.111. The summed E-state index contributed by atoms with van der Waals surface area (Å²) in [6.45, 7) is 4.54. The van der Waals surface area contributed by atoms with E-state index in [1.165, 1.54) is 26.2 Å².